The van der Waals surface area contributed by atoms with E-state index in [0.717, 1.165) is 4.47 Å². The van der Waals surface area contributed by atoms with Gasteiger partial charge < -0.3 is 14.0 Å². The molecule has 0 radical (unpaired) electrons. The summed E-state index contributed by atoms with van der Waals surface area (Å²) >= 11 is 13.3. The number of halogens is 5. The van der Waals surface area contributed by atoms with Crippen LogP contribution < -0.4 is 9.47 Å². The van der Waals surface area contributed by atoms with Crippen LogP contribution in [0.25, 0.3) is 0 Å². The zero-order valence-electron chi connectivity index (χ0n) is 15.8. The van der Waals surface area contributed by atoms with E-state index in [1.165, 1.54) is 36.4 Å². The number of hydrogen-bond acceptors (Lipinski definition) is 7. The minimum absolute atomic E-state index is 0.0614. The molecule has 0 N–H and O–H groups in total. The molecule has 3 rings (SSSR count). The molecule has 0 fully saturated rings. The van der Waals surface area contributed by atoms with E-state index in [1.54, 1.807) is 57.3 Å². The van der Waals surface area contributed by atoms with Gasteiger partial charge in [0.05, 0.1) is 16.0 Å². The Morgan fingerprint density at radius 1 is 0.818 bits per heavy atom. The van der Waals surface area contributed by atoms with Gasteiger partial charge in [-0.1, -0.05) is 22.0 Å². The summed E-state index contributed by atoms with van der Waals surface area (Å²) in [6.45, 7) is 0. The lowest BCUT2D eigenvalue weighted by Gasteiger charge is -2.14. The van der Waals surface area contributed by atoms with Gasteiger partial charge in [0, 0.05) is 20.6 Å². The first-order valence-corrected chi connectivity index (χ1v) is 14.4. The van der Waals surface area contributed by atoms with E-state index in [4.69, 9.17) is 9.47 Å². The number of carbonyl (C=O) groups is 2. The highest BCUT2D eigenvalue weighted by molar-refractivity contribution is 14.1. The standard InChI is InChI=1S/C20H9Br3I2O7S/c21-10-5-13(22)17(14(23)6-10)20(27)31-11-3-1-2-9(4-11)19(26)32-12-7-15(24)18(16(25)8-12)33(28,29)30/h1-8H,(H,28,29,30)/p-1. The fourth-order valence-corrected chi connectivity index (χ4v) is 9.09. The normalized spacial score (nSPS) is 11.2. The van der Waals surface area contributed by atoms with Crippen molar-refractivity contribution in [1.29, 1.82) is 0 Å². The molecule has 0 aliphatic carbocycles. The Kier molecular flexibility index (Phi) is 8.99. The van der Waals surface area contributed by atoms with E-state index in [-0.39, 0.29) is 34.7 Å². The molecule has 0 aliphatic rings. The molecule has 0 bridgehead atoms. The summed E-state index contributed by atoms with van der Waals surface area (Å²) in [5.74, 6) is -1.23. The van der Waals surface area contributed by atoms with Gasteiger partial charge in [-0.15, -0.1) is 0 Å². The summed E-state index contributed by atoms with van der Waals surface area (Å²) in [7, 11) is -4.67. The molecule has 3 aromatic carbocycles. The van der Waals surface area contributed by atoms with Crippen LogP contribution in [0.5, 0.6) is 11.5 Å². The van der Waals surface area contributed by atoms with E-state index >= 15 is 0 Å². The molecule has 3 aromatic rings. The Morgan fingerprint density at radius 3 is 1.91 bits per heavy atom. The van der Waals surface area contributed by atoms with Crippen molar-refractivity contribution in [3.05, 3.63) is 80.2 Å². The van der Waals surface area contributed by atoms with Gasteiger partial charge in [0.1, 0.15) is 21.6 Å². The number of ether oxygens (including phenoxy) is 2. The molecule has 0 saturated heterocycles. The first-order chi connectivity index (χ1) is 15.4. The molecule has 0 unspecified atom stereocenters. The van der Waals surface area contributed by atoms with Gasteiger partial charge in [0.25, 0.3) is 0 Å². The Bertz CT molecular complexity index is 1350. The Morgan fingerprint density at radius 2 is 1.36 bits per heavy atom. The zero-order valence-corrected chi connectivity index (χ0v) is 25.7. The van der Waals surface area contributed by atoms with E-state index in [2.05, 4.69) is 47.8 Å². The van der Waals surface area contributed by atoms with Crippen LogP contribution in [-0.4, -0.2) is 24.9 Å². The molecule has 0 spiro atoms. The van der Waals surface area contributed by atoms with Crippen molar-refractivity contribution in [3.8, 4) is 11.5 Å². The van der Waals surface area contributed by atoms with Crippen molar-refractivity contribution >= 4 is 115 Å². The number of carbonyl (C=O) groups excluding carboxylic acids is 2. The third-order valence-electron chi connectivity index (χ3n) is 3.92. The maximum atomic E-state index is 12.6. The highest BCUT2D eigenvalue weighted by Gasteiger charge is 2.19. The second kappa shape index (κ2) is 11.0. The fourth-order valence-electron chi connectivity index (χ4n) is 2.58. The molecule has 0 aromatic heterocycles. The van der Waals surface area contributed by atoms with E-state index in [9.17, 15) is 22.6 Å². The van der Waals surface area contributed by atoms with Gasteiger partial charge >= 0.3 is 11.9 Å². The minimum atomic E-state index is -4.67. The molecule has 172 valence electrons. The molecule has 0 aliphatic heterocycles. The highest BCUT2D eigenvalue weighted by Crippen LogP contribution is 2.32. The molecule has 0 heterocycles. The predicted octanol–water partition coefficient (Wildman–Crippen LogP) is 6.53. The quantitative estimate of drug-likeness (QED) is 0.124. The van der Waals surface area contributed by atoms with Crippen molar-refractivity contribution in [1.82, 2.24) is 0 Å². The molecule has 13 heteroatoms. The molecule has 0 atom stereocenters. The van der Waals surface area contributed by atoms with Gasteiger partial charge in [-0.25, -0.2) is 18.0 Å². The molecule has 0 saturated carbocycles. The zero-order chi connectivity index (χ0) is 24.5. The largest absolute Gasteiger partial charge is 0.744 e. The van der Waals surface area contributed by atoms with Crippen molar-refractivity contribution in [2.45, 2.75) is 4.90 Å². The summed E-state index contributed by atoms with van der Waals surface area (Å²) in [5.41, 5.74) is 0.364. The topological polar surface area (TPSA) is 110 Å². The van der Waals surface area contributed by atoms with Crippen LogP contribution >= 0.6 is 93.0 Å². The van der Waals surface area contributed by atoms with E-state index in [0.29, 0.717) is 8.95 Å². The van der Waals surface area contributed by atoms with Gasteiger partial charge in [0.2, 0.25) is 0 Å². The molecular formula is C20H8Br3I2O7S-. The van der Waals surface area contributed by atoms with Crippen LogP contribution in [0.2, 0.25) is 0 Å². The number of hydrogen-bond donors (Lipinski definition) is 0. The van der Waals surface area contributed by atoms with Crippen molar-refractivity contribution < 1.29 is 32.0 Å². The average molecular weight is 886 g/mol. The number of rotatable bonds is 5. The van der Waals surface area contributed by atoms with Crippen LogP contribution in [-0.2, 0) is 10.1 Å². The molecule has 0 amide bonds. The van der Waals surface area contributed by atoms with Gasteiger partial charge in [-0.05, 0) is 120 Å². The predicted molar refractivity (Wildman–Crippen MR) is 146 cm³/mol. The smallest absolute Gasteiger partial charge is 0.345 e. The fraction of sp³-hybridized carbons (Fsp3) is 0. The lowest BCUT2D eigenvalue weighted by molar-refractivity contribution is 0.0713. The lowest BCUT2D eigenvalue weighted by Crippen LogP contribution is -2.12. The Labute approximate surface area is 241 Å². The summed E-state index contributed by atoms with van der Waals surface area (Å²) in [6, 6.07) is 11.8. The third kappa shape index (κ3) is 6.76. The number of esters is 2. The Balaban J connectivity index is 1.81. The first-order valence-electron chi connectivity index (χ1n) is 8.50. The second-order valence-corrected chi connectivity index (χ2v) is 12.5. The first kappa shape index (κ1) is 27.0. The second-order valence-electron chi connectivity index (χ2n) is 6.22. The molecule has 7 nitrogen and oxygen atoms in total. The van der Waals surface area contributed by atoms with Gasteiger partial charge in [-0.2, -0.15) is 0 Å². The van der Waals surface area contributed by atoms with Crippen LogP contribution in [0.3, 0.4) is 0 Å². The van der Waals surface area contributed by atoms with Gasteiger partial charge in [-0.3, -0.25) is 0 Å². The summed E-state index contributed by atoms with van der Waals surface area (Å²) in [5, 5.41) is 0. The maximum Gasteiger partial charge on any atom is 0.345 e. The van der Waals surface area contributed by atoms with Crippen molar-refractivity contribution in [3.63, 3.8) is 0 Å². The maximum absolute atomic E-state index is 12.6. The van der Waals surface area contributed by atoms with Gasteiger partial charge in [0.15, 0.2) is 0 Å². The summed E-state index contributed by atoms with van der Waals surface area (Å²) in [6.07, 6.45) is 0. The summed E-state index contributed by atoms with van der Waals surface area (Å²) < 4.78 is 46.9. The van der Waals surface area contributed by atoms with E-state index in [1.807, 2.05) is 0 Å². The molecule has 33 heavy (non-hydrogen) atoms. The van der Waals surface area contributed by atoms with Crippen LogP contribution in [0, 0.1) is 7.14 Å². The van der Waals surface area contributed by atoms with Crippen molar-refractivity contribution in [2.24, 2.45) is 0 Å². The summed E-state index contributed by atoms with van der Waals surface area (Å²) in [4.78, 5) is 24.9. The van der Waals surface area contributed by atoms with Crippen LogP contribution in [0.15, 0.2) is 66.8 Å². The number of benzene rings is 3. The SMILES string of the molecule is O=C(Oc1cc(I)c(S(=O)(=O)[O-])c(I)c1)c1cccc(OC(=O)c2c(Br)cc(Br)cc2Br)c1. The third-order valence-corrected chi connectivity index (χ3v) is 9.01. The monoisotopic (exact) mass is 883 g/mol. The highest BCUT2D eigenvalue weighted by atomic mass is 127. The lowest BCUT2D eigenvalue weighted by atomic mass is 10.2. The van der Waals surface area contributed by atoms with Crippen LogP contribution in [0.1, 0.15) is 20.7 Å². The Hall–Kier alpha value is -0.590. The minimum Gasteiger partial charge on any atom is -0.744 e. The van der Waals surface area contributed by atoms with Crippen LogP contribution in [0.4, 0.5) is 0 Å². The van der Waals surface area contributed by atoms with E-state index < -0.39 is 22.1 Å². The average Bonchev–Trinajstić information content (AvgIpc) is 2.65. The molecular weight excluding hydrogens is 878 g/mol. The van der Waals surface area contributed by atoms with Crippen molar-refractivity contribution in [2.75, 3.05) is 0 Å².